The number of nitrogens with zero attached hydrogens (tertiary/aromatic N) is 2. The summed E-state index contributed by atoms with van der Waals surface area (Å²) in [6.07, 6.45) is 5.76. The highest BCUT2D eigenvalue weighted by Crippen LogP contribution is 2.39. The van der Waals surface area contributed by atoms with Crippen LogP contribution in [0.15, 0.2) is 40.2 Å². The van der Waals surface area contributed by atoms with Gasteiger partial charge < -0.3 is 15.0 Å². The Morgan fingerprint density at radius 1 is 1.15 bits per heavy atom. The van der Waals surface area contributed by atoms with E-state index in [0.717, 1.165) is 64.4 Å². The number of thioether (sulfide) groups is 1. The van der Waals surface area contributed by atoms with Crippen LogP contribution in [0.25, 0.3) is 11.1 Å². The topological polar surface area (TPSA) is 83.7 Å². The number of aromatic nitrogens is 1. The van der Waals surface area contributed by atoms with Gasteiger partial charge in [-0.1, -0.05) is 17.7 Å². The van der Waals surface area contributed by atoms with Crippen molar-refractivity contribution in [2.75, 3.05) is 0 Å². The van der Waals surface area contributed by atoms with Crippen LogP contribution < -0.4 is 5.32 Å². The minimum Gasteiger partial charge on any atom is -0.478 e. The van der Waals surface area contributed by atoms with Crippen molar-refractivity contribution in [2.24, 2.45) is 4.99 Å². The number of carbonyl (C=O) groups is 2. The first-order valence-corrected chi connectivity index (χ1v) is 12.9. The van der Waals surface area contributed by atoms with E-state index in [0.29, 0.717) is 15.6 Å². The Balaban J connectivity index is 1.50. The minimum absolute atomic E-state index is 0.182. The third-order valence-corrected chi connectivity index (χ3v) is 8.43. The van der Waals surface area contributed by atoms with E-state index < -0.39 is 5.97 Å². The smallest absolute Gasteiger partial charge is 0.339 e. The zero-order chi connectivity index (χ0) is 24.0. The molecule has 0 radical (unpaired) electrons. The lowest BCUT2D eigenvalue weighted by molar-refractivity contribution is -0.115. The fourth-order valence-electron chi connectivity index (χ4n) is 4.53. The fourth-order valence-corrected chi connectivity index (χ4v) is 6.86. The van der Waals surface area contributed by atoms with Gasteiger partial charge in [-0.3, -0.25) is 4.79 Å². The molecule has 2 N–H and O–H groups in total. The van der Waals surface area contributed by atoms with Crippen molar-refractivity contribution in [3.05, 3.63) is 73.8 Å². The van der Waals surface area contributed by atoms with Crippen molar-refractivity contribution >= 4 is 51.9 Å². The highest BCUT2D eigenvalue weighted by atomic mass is 32.2. The maximum Gasteiger partial charge on any atom is 0.339 e. The second kappa shape index (κ2) is 8.92. The van der Waals surface area contributed by atoms with Crippen LogP contribution in [0.2, 0.25) is 0 Å². The fraction of sp³-hybridized carbons (Fsp3) is 0.269. The molecule has 6 nitrogen and oxygen atoms in total. The molecule has 0 saturated carbocycles. The number of nitrogens with one attached hydrogen (secondary N) is 1. The van der Waals surface area contributed by atoms with Gasteiger partial charge in [0.25, 0.3) is 5.91 Å². The number of benzene rings is 1. The van der Waals surface area contributed by atoms with Crippen molar-refractivity contribution in [3.63, 3.8) is 0 Å². The van der Waals surface area contributed by atoms with E-state index in [4.69, 9.17) is 0 Å². The number of carbonyl (C=O) groups excluding carboxylic acids is 1. The van der Waals surface area contributed by atoms with Gasteiger partial charge in [-0.25, -0.2) is 9.79 Å². The van der Waals surface area contributed by atoms with Crippen molar-refractivity contribution in [3.8, 4) is 5.00 Å². The normalized spacial score (nSPS) is 17.9. The molecule has 1 amide bonds. The van der Waals surface area contributed by atoms with E-state index in [1.54, 1.807) is 11.3 Å². The first-order chi connectivity index (χ1) is 16.3. The first kappa shape index (κ1) is 22.7. The van der Waals surface area contributed by atoms with Gasteiger partial charge in [0.1, 0.15) is 5.00 Å². The Morgan fingerprint density at radius 2 is 1.88 bits per heavy atom. The quantitative estimate of drug-likeness (QED) is 0.443. The SMILES string of the molecule is Cc1ccc(N=C2NC(=O)/C(=C/c3cc(C)n(-c4sc5c(c4C(=O)O)CCCC5)c3C)S2)cc1. The summed E-state index contributed by atoms with van der Waals surface area (Å²) in [5, 5.41) is 14.2. The molecule has 3 aromatic rings. The third-order valence-electron chi connectivity index (χ3n) is 6.24. The molecule has 0 atom stereocenters. The Labute approximate surface area is 206 Å². The molecular formula is C26H25N3O3S2. The molecule has 0 bridgehead atoms. The van der Waals surface area contributed by atoms with Crippen molar-refractivity contribution < 1.29 is 14.7 Å². The average Bonchev–Trinajstić information content (AvgIpc) is 3.43. The van der Waals surface area contributed by atoms with Crippen LogP contribution in [0, 0.1) is 20.8 Å². The standard InChI is InChI=1S/C26H25N3O3S2/c1-14-8-10-18(11-9-14)27-26-28-23(30)21(34-26)13-17-12-15(2)29(16(17)3)24-22(25(31)32)19-6-4-5-7-20(19)33-24/h8-13H,4-7H2,1-3H3,(H,31,32)(H,27,28,30)/b21-13-. The number of fused-ring (bicyclic) bond motifs is 1. The number of rotatable bonds is 4. The molecule has 0 unspecified atom stereocenters. The van der Waals surface area contributed by atoms with E-state index in [-0.39, 0.29) is 5.91 Å². The summed E-state index contributed by atoms with van der Waals surface area (Å²) in [7, 11) is 0. The van der Waals surface area contributed by atoms with Gasteiger partial charge in [0.15, 0.2) is 5.17 Å². The summed E-state index contributed by atoms with van der Waals surface area (Å²) in [4.78, 5) is 31.1. The van der Waals surface area contributed by atoms with Gasteiger partial charge in [-0.05, 0) is 93.6 Å². The molecular weight excluding hydrogens is 466 g/mol. The maximum absolute atomic E-state index is 12.6. The zero-order valence-corrected chi connectivity index (χ0v) is 20.9. The number of amides is 1. The lowest BCUT2D eigenvalue weighted by Gasteiger charge is -2.11. The van der Waals surface area contributed by atoms with Gasteiger partial charge in [0.05, 0.1) is 16.2 Å². The van der Waals surface area contributed by atoms with Crippen molar-refractivity contribution in [1.82, 2.24) is 9.88 Å². The summed E-state index contributed by atoms with van der Waals surface area (Å²) in [5.41, 5.74) is 6.13. The van der Waals surface area contributed by atoms with Gasteiger partial charge in [0.2, 0.25) is 0 Å². The number of aromatic carboxylic acids is 1. The van der Waals surface area contributed by atoms with E-state index in [1.165, 1.54) is 16.6 Å². The second-order valence-electron chi connectivity index (χ2n) is 8.68. The number of thiophene rings is 1. The third kappa shape index (κ3) is 4.12. The number of carboxylic acid groups (broad SMARTS) is 1. The lowest BCUT2D eigenvalue weighted by atomic mass is 9.95. The van der Waals surface area contributed by atoms with Crippen LogP contribution in [-0.4, -0.2) is 26.7 Å². The van der Waals surface area contributed by atoms with E-state index in [9.17, 15) is 14.7 Å². The molecule has 1 aliphatic carbocycles. The number of amidine groups is 1. The van der Waals surface area contributed by atoms with Crippen LogP contribution >= 0.6 is 23.1 Å². The predicted octanol–water partition coefficient (Wildman–Crippen LogP) is 5.93. The Bertz CT molecular complexity index is 1380. The van der Waals surface area contributed by atoms with Crippen LogP contribution in [0.1, 0.15) is 56.2 Å². The van der Waals surface area contributed by atoms with Crippen LogP contribution in [-0.2, 0) is 17.6 Å². The minimum atomic E-state index is -0.871. The predicted molar refractivity (Wildman–Crippen MR) is 139 cm³/mol. The molecule has 0 spiro atoms. The maximum atomic E-state index is 12.6. The molecule has 2 aliphatic rings. The second-order valence-corrected chi connectivity index (χ2v) is 10.8. The van der Waals surface area contributed by atoms with Crippen molar-refractivity contribution in [2.45, 2.75) is 46.5 Å². The Hall–Kier alpha value is -3.10. The molecule has 3 heterocycles. The number of hydrogen-bond donors (Lipinski definition) is 2. The highest BCUT2D eigenvalue weighted by Gasteiger charge is 2.28. The summed E-state index contributed by atoms with van der Waals surface area (Å²) in [6.45, 7) is 5.97. The molecule has 5 rings (SSSR count). The van der Waals surface area contributed by atoms with E-state index >= 15 is 0 Å². The lowest BCUT2D eigenvalue weighted by Crippen LogP contribution is -2.19. The van der Waals surface area contributed by atoms with Gasteiger partial charge in [0, 0.05) is 16.3 Å². The summed E-state index contributed by atoms with van der Waals surface area (Å²) in [5.74, 6) is -1.05. The molecule has 8 heteroatoms. The summed E-state index contributed by atoms with van der Waals surface area (Å²) in [6, 6.07) is 9.83. The van der Waals surface area contributed by atoms with Gasteiger partial charge >= 0.3 is 5.97 Å². The summed E-state index contributed by atoms with van der Waals surface area (Å²) < 4.78 is 2.03. The van der Waals surface area contributed by atoms with Crippen molar-refractivity contribution in [1.29, 1.82) is 0 Å². The van der Waals surface area contributed by atoms with Crippen LogP contribution in [0.3, 0.4) is 0 Å². The molecule has 1 aliphatic heterocycles. The Morgan fingerprint density at radius 3 is 2.62 bits per heavy atom. The molecule has 1 aromatic carbocycles. The van der Waals surface area contributed by atoms with Gasteiger partial charge in [-0.15, -0.1) is 11.3 Å². The largest absolute Gasteiger partial charge is 0.478 e. The average molecular weight is 492 g/mol. The molecule has 1 saturated heterocycles. The summed E-state index contributed by atoms with van der Waals surface area (Å²) >= 11 is 2.90. The first-order valence-electron chi connectivity index (χ1n) is 11.2. The van der Waals surface area contributed by atoms with Gasteiger partial charge in [-0.2, -0.15) is 0 Å². The van der Waals surface area contributed by atoms with Crippen LogP contribution in [0.4, 0.5) is 5.69 Å². The van der Waals surface area contributed by atoms with Crippen LogP contribution in [0.5, 0.6) is 0 Å². The van der Waals surface area contributed by atoms with E-state index in [2.05, 4.69) is 10.3 Å². The number of hydrogen-bond acceptors (Lipinski definition) is 5. The molecule has 34 heavy (non-hydrogen) atoms. The molecule has 2 aromatic heterocycles. The molecule has 1 fully saturated rings. The van der Waals surface area contributed by atoms with E-state index in [1.807, 2.05) is 61.7 Å². The monoisotopic (exact) mass is 491 g/mol. The number of carboxylic acids is 1. The zero-order valence-electron chi connectivity index (χ0n) is 19.3. The number of aliphatic imine (C=N–C) groups is 1. The Kier molecular flexibility index (Phi) is 5.95. The molecule has 174 valence electrons. The highest BCUT2D eigenvalue weighted by molar-refractivity contribution is 8.18. The number of aryl methyl sites for hydroxylation is 3.